The highest BCUT2D eigenvalue weighted by Crippen LogP contribution is 2.21. The number of carbonyl (C=O) groups is 1. The van der Waals surface area contributed by atoms with Crippen molar-refractivity contribution in [3.05, 3.63) is 29.8 Å². The molecule has 1 amide bonds. The van der Waals surface area contributed by atoms with Crippen molar-refractivity contribution in [3.8, 4) is 0 Å². The normalized spacial score (nSPS) is 16.4. The summed E-state index contributed by atoms with van der Waals surface area (Å²) in [6.45, 7) is 6.89. The van der Waals surface area contributed by atoms with E-state index in [-0.39, 0.29) is 18.0 Å². The number of amides is 1. The van der Waals surface area contributed by atoms with Gasteiger partial charge in [-0.1, -0.05) is 18.2 Å². The van der Waals surface area contributed by atoms with E-state index < -0.39 is 0 Å². The van der Waals surface area contributed by atoms with Gasteiger partial charge in [-0.15, -0.1) is 0 Å². The maximum Gasteiger partial charge on any atom is 0.237 e. The van der Waals surface area contributed by atoms with E-state index in [2.05, 4.69) is 24.1 Å². The van der Waals surface area contributed by atoms with Gasteiger partial charge in [-0.05, 0) is 45.2 Å². The molecule has 1 aliphatic rings. The Morgan fingerprint density at radius 1 is 1.35 bits per heavy atom. The Balaban J connectivity index is 2.06. The minimum atomic E-state index is -0.143. The van der Waals surface area contributed by atoms with Gasteiger partial charge in [-0.2, -0.15) is 0 Å². The molecule has 0 aromatic heterocycles. The van der Waals surface area contributed by atoms with E-state index in [1.807, 2.05) is 31.2 Å². The number of para-hydroxylation sites is 1. The van der Waals surface area contributed by atoms with E-state index in [0.717, 1.165) is 24.1 Å². The molecule has 4 nitrogen and oxygen atoms in total. The van der Waals surface area contributed by atoms with Crippen LogP contribution < -0.4 is 11.1 Å². The number of hydrogen-bond donors (Lipinski definition) is 2. The Labute approximate surface area is 121 Å². The molecule has 0 heterocycles. The number of rotatable bonds is 6. The summed E-state index contributed by atoms with van der Waals surface area (Å²) < 4.78 is 0. The van der Waals surface area contributed by atoms with Crippen LogP contribution in [0.1, 0.15) is 39.2 Å². The van der Waals surface area contributed by atoms with Crippen LogP contribution in [0.4, 0.5) is 5.69 Å². The first-order valence-corrected chi connectivity index (χ1v) is 7.38. The molecule has 1 unspecified atom stereocenters. The molecule has 0 aliphatic heterocycles. The van der Waals surface area contributed by atoms with Gasteiger partial charge in [0.15, 0.2) is 0 Å². The molecule has 4 heteroatoms. The lowest BCUT2D eigenvalue weighted by Crippen LogP contribution is -2.48. The predicted molar refractivity (Wildman–Crippen MR) is 82.2 cm³/mol. The molecule has 3 N–H and O–H groups in total. The van der Waals surface area contributed by atoms with E-state index in [0.29, 0.717) is 12.6 Å². The summed E-state index contributed by atoms with van der Waals surface area (Å²) in [6.07, 6.45) is 2.23. The van der Waals surface area contributed by atoms with Gasteiger partial charge in [0.2, 0.25) is 5.91 Å². The summed E-state index contributed by atoms with van der Waals surface area (Å²) in [4.78, 5) is 14.4. The second kappa shape index (κ2) is 6.27. The minimum Gasteiger partial charge on any atom is -0.398 e. The number of benzene rings is 1. The van der Waals surface area contributed by atoms with Crippen molar-refractivity contribution in [1.29, 1.82) is 0 Å². The Morgan fingerprint density at radius 2 is 2.00 bits per heavy atom. The number of nitrogens with zero attached hydrogens (tertiary/aromatic N) is 1. The summed E-state index contributed by atoms with van der Waals surface area (Å²) in [7, 11) is 0. The van der Waals surface area contributed by atoms with Gasteiger partial charge in [0.25, 0.3) is 0 Å². The highest BCUT2D eigenvalue weighted by molar-refractivity contribution is 5.81. The van der Waals surface area contributed by atoms with Crippen molar-refractivity contribution in [2.45, 2.75) is 58.3 Å². The zero-order valence-corrected chi connectivity index (χ0v) is 12.6. The summed E-state index contributed by atoms with van der Waals surface area (Å²) in [5.74, 6) is 0.121. The molecule has 1 aliphatic carbocycles. The molecular weight excluding hydrogens is 250 g/mol. The number of hydrogen-bond acceptors (Lipinski definition) is 3. The van der Waals surface area contributed by atoms with Crippen molar-refractivity contribution < 1.29 is 4.79 Å². The molecule has 1 fully saturated rings. The largest absolute Gasteiger partial charge is 0.398 e. The molecule has 20 heavy (non-hydrogen) atoms. The highest BCUT2D eigenvalue weighted by Gasteiger charge is 2.29. The van der Waals surface area contributed by atoms with E-state index in [1.54, 1.807) is 0 Å². The van der Waals surface area contributed by atoms with Gasteiger partial charge >= 0.3 is 0 Å². The van der Waals surface area contributed by atoms with E-state index in [1.165, 1.54) is 0 Å². The van der Waals surface area contributed by atoms with Gasteiger partial charge in [-0.3, -0.25) is 9.69 Å². The quantitative estimate of drug-likeness (QED) is 0.782. The van der Waals surface area contributed by atoms with Crippen LogP contribution in [0.2, 0.25) is 0 Å². The topological polar surface area (TPSA) is 58.4 Å². The third kappa shape index (κ3) is 3.73. The average molecular weight is 275 g/mol. The van der Waals surface area contributed by atoms with Crippen molar-refractivity contribution in [3.63, 3.8) is 0 Å². The molecule has 1 aromatic rings. The van der Waals surface area contributed by atoms with Gasteiger partial charge in [-0.25, -0.2) is 0 Å². The van der Waals surface area contributed by atoms with E-state index >= 15 is 0 Å². The fraction of sp³-hybridized carbons (Fsp3) is 0.562. The minimum absolute atomic E-state index is 0.121. The number of nitrogens with two attached hydrogens (primary N) is 1. The SMILES string of the molecule is CC(C)N(Cc1ccccc1N)C(C)C(=O)NC1CC1. The van der Waals surface area contributed by atoms with Crippen LogP contribution in [0.25, 0.3) is 0 Å². The van der Waals surface area contributed by atoms with Crippen LogP contribution in [0.15, 0.2) is 24.3 Å². The Kier molecular flexibility index (Phi) is 4.65. The standard InChI is InChI=1S/C16H25N3O/c1-11(2)19(10-13-6-4-5-7-15(13)17)12(3)16(20)18-14-8-9-14/h4-7,11-12,14H,8-10,17H2,1-3H3,(H,18,20). The lowest BCUT2D eigenvalue weighted by molar-refractivity contribution is -0.127. The summed E-state index contributed by atoms with van der Waals surface area (Å²) in [5.41, 5.74) is 7.87. The number of nitrogens with one attached hydrogen (secondary N) is 1. The third-order valence-electron chi connectivity index (χ3n) is 3.87. The highest BCUT2D eigenvalue weighted by atomic mass is 16.2. The monoisotopic (exact) mass is 275 g/mol. The smallest absolute Gasteiger partial charge is 0.237 e. The molecule has 110 valence electrons. The fourth-order valence-corrected chi connectivity index (χ4v) is 2.34. The van der Waals surface area contributed by atoms with Crippen LogP contribution in [-0.4, -0.2) is 28.9 Å². The molecule has 0 spiro atoms. The molecule has 1 atom stereocenters. The molecule has 1 saturated carbocycles. The lowest BCUT2D eigenvalue weighted by atomic mass is 10.1. The zero-order chi connectivity index (χ0) is 14.7. The first kappa shape index (κ1) is 14.9. The van der Waals surface area contributed by atoms with Crippen LogP contribution in [-0.2, 0) is 11.3 Å². The molecule has 1 aromatic carbocycles. The Bertz CT molecular complexity index is 469. The van der Waals surface area contributed by atoms with E-state index in [4.69, 9.17) is 5.73 Å². The van der Waals surface area contributed by atoms with Crippen molar-refractivity contribution >= 4 is 11.6 Å². The third-order valence-corrected chi connectivity index (χ3v) is 3.87. The number of anilines is 1. The van der Waals surface area contributed by atoms with Crippen molar-refractivity contribution in [1.82, 2.24) is 10.2 Å². The second-order valence-corrected chi connectivity index (χ2v) is 5.92. The zero-order valence-electron chi connectivity index (χ0n) is 12.6. The summed E-state index contributed by atoms with van der Waals surface area (Å²) in [5, 5.41) is 3.08. The molecule has 0 radical (unpaired) electrons. The first-order chi connectivity index (χ1) is 9.49. The number of nitrogen functional groups attached to an aromatic ring is 1. The molecule has 0 saturated heterocycles. The first-order valence-electron chi connectivity index (χ1n) is 7.38. The van der Waals surface area contributed by atoms with Crippen molar-refractivity contribution in [2.24, 2.45) is 0 Å². The molecule has 0 bridgehead atoms. The van der Waals surface area contributed by atoms with Crippen LogP contribution in [0.5, 0.6) is 0 Å². The van der Waals surface area contributed by atoms with Crippen LogP contribution in [0, 0.1) is 0 Å². The van der Waals surface area contributed by atoms with Gasteiger partial charge in [0, 0.05) is 24.3 Å². The second-order valence-electron chi connectivity index (χ2n) is 5.92. The van der Waals surface area contributed by atoms with Crippen LogP contribution in [0.3, 0.4) is 0 Å². The van der Waals surface area contributed by atoms with Crippen molar-refractivity contribution in [2.75, 3.05) is 5.73 Å². The average Bonchev–Trinajstić information content (AvgIpc) is 3.20. The maximum atomic E-state index is 12.2. The van der Waals surface area contributed by atoms with Gasteiger partial charge in [0.1, 0.15) is 0 Å². The van der Waals surface area contributed by atoms with Crippen LogP contribution >= 0.6 is 0 Å². The van der Waals surface area contributed by atoms with Gasteiger partial charge in [0.05, 0.1) is 6.04 Å². The number of carbonyl (C=O) groups excluding carboxylic acids is 1. The lowest BCUT2D eigenvalue weighted by Gasteiger charge is -2.32. The summed E-state index contributed by atoms with van der Waals surface area (Å²) >= 11 is 0. The molecule has 2 rings (SSSR count). The van der Waals surface area contributed by atoms with Gasteiger partial charge < -0.3 is 11.1 Å². The Morgan fingerprint density at radius 3 is 2.55 bits per heavy atom. The predicted octanol–water partition coefficient (Wildman–Crippen LogP) is 2.15. The van der Waals surface area contributed by atoms with E-state index in [9.17, 15) is 4.79 Å². The maximum absolute atomic E-state index is 12.2. The molecular formula is C16H25N3O. The summed E-state index contributed by atoms with van der Waals surface area (Å²) in [6, 6.07) is 8.39. The fourth-order valence-electron chi connectivity index (χ4n) is 2.34. The Hall–Kier alpha value is -1.55.